The van der Waals surface area contributed by atoms with Crippen molar-refractivity contribution in [2.24, 2.45) is 5.41 Å². The summed E-state index contributed by atoms with van der Waals surface area (Å²) in [7, 11) is 0. The van der Waals surface area contributed by atoms with Crippen molar-refractivity contribution in [1.82, 2.24) is 20.4 Å². The fourth-order valence-electron chi connectivity index (χ4n) is 6.08. The van der Waals surface area contributed by atoms with Crippen LogP contribution < -0.4 is 15.6 Å². The largest absolute Gasteiger partial charge is 0.451 e. The van der Waals surface area contributed by atoms with Crippen LogP contribution >= 0.6 is 0 Å². The number of likely N-dealkylation sites (tertiary alicyclic amines) is 1. The van der Waals surface area contributed by atoms with Crippen LogP contribution in [0.15, 0.2) is 59.4 Å². The first-order valence-corrected chi connectivity index (χ1v) is 15.4. The zero-order valence-electron chi connectivity index (χ0n) is 27.0. The van der Waals surface area contributed by atoms with Crippen molar-refractivity contribution in [3.05, 3.63) is 87.6 Å². The lowest BCUT2D eigenvalue weighted by atomic mass is 9.74. The first-order chi connectivity index (χ1) is 22.4. The number of aromatic nitrogens is 2. The van der Waals surface area contributed by atoms with E-state index in [2.05, 4.69) is 15.5 Å². The van der Waals surface area contributed by atoms with E-state index in [0.717, 1.165) is 0 Å². The summed E-state index contributed by atoms with van der Waals surface area (Å²) in [6.07, 6.45) is 1.49. The van der Waals surface area contributed by atoms with Gasteiger partial charge >= 0.3 is 17.5 Å². The smallest absolute Gasteiger partial charge is 0.317 e. The van der Waals surface area contributed by atoms with Crippen LogP contribution in [0.3, 0.4) is 0 Å². The van der Waals surface area contributed by atoms with E-state index in [1.54, 1.807) is 30.9 Å². The molecule has 1 fully saturated rings. The van der Waals surface area contributed by atoms with E-state index in [-0.39, 0.29) is 11.3 Å². The summed E-state index contributed by atoms with van der Waals surface area (Å²) in [4.78, 5) is 65.9. The maximum absolute atomic E-state index is 14.3. The lowest BCUT2D eigenvalue weighted by molar-refractivity contribution is -0.178. The number of aryl methyl sites for hydroxylation is 1. The van der Waals surface area contributed by atoms with Crippen molar-refractivity contribution in [2.45, 2.75) is 78.4 Å². The summed E-state index contributed by atoms with van der Waals surface area (Å²) < 4.78 is 30.2. The molecular weight excluding hydrogens is 611 g/mol. The Labute approximate surface area is 271 Å². The summed E-state index contributed by atoms with van der Waals surface area (Å²) in [5.74, 6) is -2.31. The number of halogens is 1. The molecule has 47 heavy (non-hydrogen) atoms. The lowest BCUT2D eigenvalue weighted by Crippen LogP contribution is -2.56. The molecule has 250 valence electrons. The van der Waals surface area contributed by atoms with Crippen LogP contribution in [0.1, 0.15) is 81.0 Å². The molecule has 0 bridgehead atoms. The zero-order chi connectivity index (χ0) is 34.3. The molecular formula is C34H39FN4O8. The van der Waals surface area contributed by atoms with Crippen LogP contribution in [0.4, 0.5) is 4.39 Å². The van der Waals surface area contributed by atoms with Gasteiger partial charge in [0.15, 0.2) is 5.75 Å². The van der Waals surface area contributed by atoms with Gasteiger partial charge in [0.25, 0.3) is 5.91 Å². The Morgan fingerprint density at radius 2 is 1.77 bits per heavy atom. The van der Waals surface area contributed by atoms with Gasteiger partial charge < -0.3 is 24.4 Å². The van der Waals surface area contributed by atoms with Crippen molar-refractivity contribution in [3.63, 3.8) is 0 Å². The Bertz CT molecular complexity index is 1670. The summed E-state index contributed by atoms with van der Waals surface area (Å²) in [6.45, 7) is 7.53. The standard InChI is InChI=1S/C34H39FN4O8/c1-6-34(7-2,33(44)46-19-45-22(5)40)29-16-15-27(24-9-8-10-25(35)18-24)39(29)32(43)21(4)36-30(41)23-11-13-26(14-12-23)47-28-17-20(3)37-38-31(28)42/h8-14,17-18,21,27,29H,6-7,15-16,19H2,1-5H3,(H,36,41)(H,38,42)/t21-,27+,29-/m1/s1. The second-order valence-corrected chi connectivity index (χ2v) is 11.5. The number of nitrogens with one attached hydrogen (secondary N) is 2. The molecule has 3 aromatic rings. The molecule has 2 amide bonds. The number of nitrogens with zero attached hydrogens (tertiary/aromatic N) is 2. The summed E-state index contributed by atoms with van der Waals surface area (Å²) in [5, 5.41) is 8.89. The number of ether oxygens (including phenoxy) is 3. The Morgan fingerprint density at radius 3 is 2.40 bits per heavy atom. The number of H-pyrrole nitrogens is 1. The van der Waals surface area contributed by atoms with E-state index in [0.29, 0.717) is 42.7 Å². The van der Waals surface area contributed by atoms with Crippen molar-refractivity contribution < 1.29 is 37.8 Å². The number of esters is 2. The van der Waals surface area contributed by atoms with Gasteiger partial charge in [-0.1, -0.05) is 26.0 Å². The van der Waals surface area contributed by atoms with Crippen LogP contribution in [0.5, 0.6) is 11.5 Å². The second kappa shape index (κ2) is 15.0. The Hall–Kier alpha value is -5.07. The van der Waals surface area contributed by atoms with Gasteiger partial charge in [-0.3, -0.25) is 24.0 Å². The fraction of sp³-hybridized carbons (Fsp3) is 0.412. The molecule has 1 saturated heterocycles. The van der Waals surface area contributed by atoms with E-state index in [9.17, 15) is 28.4 Å². The second-order valence-electron chi connectivity index (χ2n) is 11.5. The highest BCUT2D eigenvalue weighted by Crippen LogP contribution is 2.47. The van der Waals surface area contributed by atoms with Crippen LogP contribution in [0, 0.1) is 18.2 Å². The number of hydrogen-bond acceptors (Lipinski definition) is 9. The monoisotopic (exact) mass is 650 g/mol. The minimum absolute atomic E-state index is 0.0485. The molecule has 12 nitrogen and oxygen atoms in total. The molecule has 0 aliphatic carbocycles. The van der Waals surface area contributed by atoms with E-state index in [1.165, 1.54) is 49.4 Å². The summed E-state index contributed by atoms with van der Waals surface area (Å²) in [5.41, 5.74) is -0.306. The summed E-state index contributed by atoms with van der Waals surface area (Å²) >= 11 is 0. The van der Waals surface area contributed by atoms with Gasteiger partial charge in [-0.25, -0.2) is 9.49 Å². The molecule has 1 aliphatic heterocycles. The third kappa shape index (κ3) is 7.84. The number of carbonyl (C=O) groups is 4. The molecule has 2 heterocycles. The minimum atomic E-state index is -1.16. The predicted octanol–water partition coefficient (Wildman–Crippen LogP) is 4.73. The molecule has 3 atom stereocenters. The zero-order valence-corrected chi connectivity index (χ0v) is 27.0. The average Bonchev–Trinajstić information content (AvgIpc) is 3.49. The molecule has 2 aromatic carbocycles. The van der Waals surface area contributed by atoms with Crippen LogP contribution in [0.2, 0.25) is 0 Å². The molecule has 4 rings (SSSR count). The van der Waals surface area contributed by atoms with Gasteiger partial charge in [-0.2, -0.15) is 5.10 Å². The highest BCUT2D eigenvalue weighted by atomic mass is 19.1. The van der Waals surface area contributed by atoms with Crippen molar-refractivity contribution >= 4 is 23.8 Å². The van der Waals surface area contributed by atoms with Crippen molar-refractivity contribution in [2.75, 3.05) is 6.79 Å². The lowest BCUT2D eigenvalue weighted by Gasteiger charge is -2.42. The third-order valence-electron chi connectivity index (χ3n) is 8.59. The topological polar surface area (TPSA) is 157 Å². The van der Waals surface area contributed by atoms with E-state index < -0.39 is 65.5 Å². The summed E-state index contributed by atoms with van der Waals surface area (Å²) in [6, 6.07) is 11.2. The number of carbonyl (C=O) groups excluding carboxylic acids is 4. The third-order valence-corrected chi connectivity index (χ3v) is 8.59. The fourth-order valence-corrected chi connectivity index (χ4v) is 6.08. The van der Waals surface area contributed by atoms with E-state index in [1.807, 2.05) is 13.8 Å². The van der Waals surface area contributed by atoms with Gasteiger partial charge in [0.05, 0.1) is 17.2 Å². The van der Waals surface area contributed by atoms with Gasteiger partial charge in [0.1, 0.15) is 17.6 Å². The van der Waals surface area contributed by atoms with Crippen LogP contribution in [-0.2, 0) is 23.9 Å². The maximum Gasteiger partial charge on any atom is 0.317 e. The molecule has 0 spiro atoms. The molecule has 0 saturated carbocycles. The molecule has 1 aromatic heterocycles. The Morgan fingerprint density at radius 1 is 1.06 bits per heavy atom. The quantitative estimate of drug-likeness (QED) is 0.209. The maximum atomic E-state index is 14.3. The highest BCUT2D eigenvalue weighted by Gasteiger charge is 2.53. The van der Waals surface area contributed by atoms with Gasteiger partial charge in [0, 0.05) is 24.6 Å². The number of hydrogen-bond donors (Lipinski definition) is 2. The van der Waals surface area contributed by atoms with Crippen LogP contribution in [-0.4, -0.2) is 57.7 Å². The normalized spacial score (nSPS) is 16.7. The molecule has 13 heteroatoms. The molecule has 1 aliphatic rings. The first kappa shape index (κ1) is 34.8. The van der Waals surface area contributed by atoms with Crippen LogP contribution in [0.25, 0.3) is 0 Å². The van der Waals surface area contributed by atoms with Crippen molar-refractivity contribution in [3.8, 4) is 11.5 Å². The molecule has 2 N–H and O–H groups in total. The number of amides is 2. The van der Waals surface area contributed by atoms with Gasteiger partial charge in [0.2, 0.25) is 12.7 Å². The Balaban J connectivity index is 1.57. The molecule has 0 radical (unpaired) electrons. The van der Waals surface area contributed by atoms with Gasteiger partial charge in [-0.15, -0.1) is 0 Å². The first-order valence-electron chi connectivity index (χ1n) is 15.4. The number of aromatic amines is 1. The van der Waals surface area contributed by atoms with E-state index in [4.69, 9.17) is 14.2 Å². The molecule has 0 unspecified atom stereocenters. The highest BCUT2D eigenvalue weighted by molar-refractivity contribution is 5.97. The predicted molar refractivity (Wildman–Crippen MR) is 168 cm³/mol. The SMILES string of the molecule is CCC(CC)(C(=O)OCOC(C)=O)[C@H]1CC[C@@H](c2cccc(F)c2)N1C(=O)[C@@H](C)NC(=O)c1ccc(Oc2cc(C)n[nH]c2=O)cc1. The minimum Gasteiger partial charge on any atom is -0.451 e. The number of rotatable bonds is 12. The van der Waals surface area contributed by atoms with Gasteiger partial charge in [-0.05, 0) is 81.5 Å². The average molecular weight is 651 g/mol. The van der Waals surface area contributed by atoms with Crippen molar-refractivity contribution in [1.29, 1.82) is 0 Å². The Kier molecular flexibility index (Phi) is 11.1. The van der Waals surface area contributed by atoms with E-state index >= 15 is 0 Å². The number of benzene rings is 2.